The van der Waals surface area contributed by atoms with E-state index in [0.717, 1.165) is 31.4 Å². The molecular formula is C21H31NO2. The second kappa shape index (κ2) is 7.26. The summed E-state index contributed by atoms with van der Waals surface area (Å²) in [6, 6.07) is 10.3. The van der Waals surface area contributed by atoms with E-state index in [1.165, 1.54) is 24.8 Å². The van der Waals surface area contributed by atoms with Gasteiger partial charge in [-0.2, -0.15) is 0 Å². The third-order valence-electron chi connectivity index (χ3n) is 6.56. The van der Waals surface area contributed by atoms with Gasteiger partial charge in [-0.3, -0.25) is 4.79 Å². The molecular weight excluding hydrogens is 298 g/mol. The summed E-state index contributed by atoms with van der Waals surface area (Å²) in [5, 5.41) is 0. The predicted octanol–water partition coefficient (Wildman–Crippen LogP) is 3.78. The molecule has 0 aromatic heterocycles. The average Bonchev–Trinajstić information content (AvgIpc) is 2.60. The standard InChI is InChI=1S/C21H31NO2/c1-21(2)18-10-9-17(19(21)13-18)14-24-15-20(23)22(3)12-11-16-7-5-4-6-8-16/h4-8,17-19H,9-15H2,1-3H3/t17-,18+,19-/m1/s1. The van der Waals surface area contributed by atoms with Crippen LogP contribution in [0, 0.1) is 23.2 Å². The van der Waals surface area contributed by atoms with E-state index in [2.05, 4.69) is 26.0 Å². The topological polar surface area (TPSA) is 29.5 Å². The van der Waals surface area contributed by atoms with Gasteiger partial charge in [-0.1, -0.05) is 44.2 Å². The van der Waals surface area contributed by atoms with Crippen molar-refractivity contribution in [3.63, 3.8) is 0 Å². The van der Waals surface area contributed by atoms with Crippen molar-refractivity contribution in [3.05, 3.63) is 35.9 Å². The van der Waals surface area contributed by atoms with E-state index < -0.39 is 0 Å². The Morgan fingerprint density at radius 1 is 1.25 bits per heavy atom. The number of nitrogens with zero attached hydrogens (tertiary/aromatic N) is 1. The quantitative estimate of drug-likeness (QED) is 0.762. The maximum atomic E-state index is 12.2. The molecule has 24 heavy (non-hydrogen) atoms. The first-order chi connectivity index (χ1) is 11.5. The molecule has 0 spiro atoms. The van der Waals surface area contributed by atoms with Gasteiger partial charge in [-0.25, -0.2) is 0 Å². The highest BCUT2D eigenvalue weighted by Crippen LogP contribution is 2.61. The molecule has 4 rings (SSSR count). The summed E-state index contributed by atoms with van der Waals surface area (Å²) in [6.45, 7) is 6.52. The molecule has 0 radical (unpaired) electrons. The van der Waals surface area contributed by atoms with Crippen LogP contribution in [0.25, 0.3) is 0 Å². The fourth-order valence-electron chi connectivity index (χ4n) is 4.64. The number of hydrogen-bond donors (Lipinski definition) is 0. The molecule has 2 bridgehead atoms. The first kappa shape index (κ1) is 17.5. The van der Waals surface area contributed by atoms with Crippen LogP contribution in [0.5, 0.6) is 0 Å². The zero-order chi connectivity index (χ0) is 17.2. The second-order valence-electron chi connectivity index (χ2n) is 8.26. The Morgan fingerprint density at radius 2 is 2.00 bits per heavy atom. The molecule has 1 aromatic carbocycles. The number of rotatable bonds is 7. The smallest absolute Gasteiger partial charge is 0.248 e. The minimum Gasteiger partial charge on any atom is -0.371 e. The third-order valence-corrected chi connectivity index (χ3v) is 6.56. The predicted molar refractivity (Wildman–Crippen MR) is 96.7 cm³/mol. The Kier molecular flexibility index (Phi) is 5.29. The minimum absolute atomic E-state index is 0.0903. The highest BCUT2D eigenvalue weighted by Gasteiger charge is 2.53. The zero-order valence-corrected chi connectivity index (χ0v) is 15.3. The summed E-state index contributed by atoms with van der Waals surface area (Å²) >= 11 is 0. The van der Waals surface area contributed by atoms with Crippen LogP contribution >= 0.6 is 0 Å². The summed E-state index contributed by atoms with van der Waals surface area (Å²) in [5.74, 6) is 2.45. The molecule has 0 heterocycles. The Hall–Kier alpha value is -1.35. The number of carbonyl (C=O) groups is 1. The van der Waals surface area contributed by atoms with Crippen molar-refractivity contribution < 1.29 is 9.53 Å². The lowest BCUT2D eigenvalue weighted by Crippen LogP contribution is -2.53. The van der Waals surface area contributed by atoms with Gasteiger partial charge in [-0.15, -0.1) is 0 Å². The molecule has 1 aromatic rings. The van der Waals surface area contributed by atoms with Crippen LogP contribution in [0.3, 0.4) is 0 Å². The molecule has 0 saturated heterocycles. The van der Waals surface area contributed by atoms with Crippen LogP contribution in [-0.2, 0) is 16.0 Å². The normalized spacial score (nSPS) is 27.4. The lowest BCUT2D eigenvalue weighted by Gasteiger charge is -2.60. The average molecular weight is 329 g/mol. The van der Waals surface area contributed by atoms with Crippen molar-refractivity contribution in [1.82, 2.24) is 4.90 Å². The van der Waals surface area contributed by atoms with Crippen LogP contribution in [-0.4, -0.2) is 37.6 Å². The van der Waals surface area contributed by atoms with E-state index in [4.69, 9.17) is 4.74 Å². The molecule has 3 fully saturated rings. The largest absolute Gasteiger partial charge is 0.371 e. The van der Waals surface area contributed by atoms with E-state index in [1.807, 2.05) is 25.2 Å². The number of hydrogen-bond acceptors (Lipinski definition) is 2. The lowest BCUT2D eigenvalue weighted by atomic mass is 9.46. The van der Waals surface area contributed by atoms with Gasteiger partial charge in [-0.05, 0) is 54.4 Å². The zero-order valence-electron chi connectivity index (χ0n) is 15.3. The Bertz CT molecular complexity index is 552. The molecule has 3 atom stereocenters. The van der Waals surface area contributed by atoms with Crippen molar-refractivity contribution >= 4 is 5.91 Å². The Labute approximate surface area is 146 Å². The van der Waals surface area contributed by atoms with E-state index in [1.54, 1.807) is 4.90 Å². The molecule has 3 aliphatic rings. The summed E-state index contributed by atoms with van der Waals surface area (Å²) in [7, 11) is 1.87. The third kappa shape index (κ3) is 3.66. The highest BCUT2D eigenvalue weighted by molar-refractivity contribution is 5.77. The van der Waals surface area contributed by atoms with Crippen LogP contribution in [0.2, 0.25) is 0 Å². The number of benzene rings is 1. The molecule has 1 amide bonds. The first-order valence-electron chi connectivity index (χ1n) is 9.34. The van der Waals surface area contributed by atoms with Gasteiger partial charge in [0.25, 0.3) is 0 Å². The van der Waals surface area contributed by atoms with Gasteiger partial charge < -0.3 is 9.64 Å². The van der Waals surface area contributed by atoms with Crippen molar-refractivity contribution in [2.75, 3.05) is 26.8 Å². The number of amides is 1. The van der Waals surface area contributed by atoms with Crippen LogP contribution < -0.4 is 0 Å². The van der Waals surface area contributed by atoms with Crippen LogP contribution in [0.4, 0.5) is 0 Å². The first-order valence-corrected chi connectivity index (χ1v) is 9.34. The summed E-state index contributed by atoms with van der Waals surface area (Å²) in [6.07, 6.45) is 4.87. The lowest BCUT2D eigenvalue weighted by molar-refractivity contribution is -0.142. The number of fused-ring (bicyclic) bond motifs is 2. The minimum atomic E-state index is 0.0903. The molecule has 0 N–H and O–H groups in total. The van der Waals surface area contributed by atoms with Gasteiger partial charge in [0.2, 0.25) is 5.91 Å². The summed E-state index contributed by atoms with van der Waals surface area (Å²) in [4.78, 5) is 14.0. The van der Waals surface area contributed by atoms with Crippen LogP contribution in [0.1, 0.15) is 38.7 Å². The maximum absolute atomic E-state index is 12.2. The fourth-order valence-corrected chi connectivity index (χ4v) is 4.64. The summed E-state index contributed by atoms with van der Waals surface area (Å²) in [5.41, 5.74) is 1.75. The molecule has 3 saturated carbocycles. The molecule has 0 unspecified atom stereocenters. The second-order valence-corrected chi connectivity index (χ2v) is 8.26. The van der Waals surface area contributed by atoms with Crippen LogP contribution in [0.15, 0.2) is 30.3 Å². The van der Waals surface area contributed by atoms with E-state index in [9.17, 15) is 4.79 Å². The number of likely N-dealkylation sites (N-methyl/N-ethyl adjacent to an activating group) is 1. The van der Waals surface area contributed by atoms with Gasteiger partial charge in [0.15, 0.2) is 0 Å². The molecule has 3 aliphatic carbocycles. The molecule has 0 aliphatic heterocycles. The van der Waals surface area contributed by atoms with Gasteiger partial charge in [0, 0.05) is 13.6 Å². The van der Waals surface area contributed by atoms with E-state index in [-0.39, 0.29) is 12.5 Å². The van der Waals surface area contributed by atoms with Gasteiger partial charge >= 0.3 is 0 Å². The summed E-state index contributed by atoms with van der Waals surface area (Å²) < 4.78 is 5.81. The van der Waals surface area contributed by atoms with Crippen molar-refractivity contribution in [2.24, 2.45) is 23.2 Å². The van der Waals surface area contributed by atoms with E-state index >= 15 is 0 Å². The molecule has 3 heteroatoms. The maximum Gasteiger partial charge on any atom is 0.248 e. The SMILES string of the molecule is CN(CCc1ccccc1)C(=O)COC[C@H]1CC[C@H]2C[C@H]1C2(C)C. The fraction of sp³-hybridized carbons (Fsp3) is 0.667. The van der Waals surface area contributed by atoms with Crippen molar-refractivity contribution in [1.29, 1.82) is 0 Å². The monoisotopic (exact) mass is 329 g/mol. The number of ether oxygens (including phenoxy) is 1. The van der Waals surface area contributed by atoms with E-state index in [0.29, 0.717) is 11.3 Å². The van der Waals surface area contributed by atoms with Crippen molar-refractivity contribution in [2.45, 2.75) is 39.5 Å². The molecule has 3 nitrogen and oxygen atoms in total. The highest BCUT2D eigenvalue weighted by atomic mass is 16.5. The van der Waals surface area contributed by atoms with Crippen molar-refractivity contribution in [3.8, 4) is 0 Å². The Balaban J connectivity index is 1.36. The molecule has 132 valence electrons. The van der Waals surface area contributed by atoms with Gasteiger partial charge in [0.05, 0.1) is 6.61 Å². The number of carbonyl (C=O) groups excluding carboxylic acids is 1. The Morgan fingerprint density at radius 3 is 2.67 bits per heavy atom. The van der Waals surface area contributed by atoms with Gasteiger partial charge in [0.1, 0.15) is 6.61 Å².